The highest BCUT2D eigenvalue weighted by Gasteiger charge is 2.27. The third-order valence-electron chi connectivity index (χ3n) is 3.24. The van der Waals surface area contributed by atoms with E-state index in [1.54, 1.807) is 0 Å². The van der Waals surface area contributed by atoms with Crippen molar-refractivity contribution in [3.05, 3.63) is 35.9 Å². The van der Waals surface area contributed by atoms with E-state index >= 15 is 0 Å². The first kappa shape index (κ1) is 18.9. The summed E-state index contributed by atoms with van der Waals surface area (Å²) in [4.78, 5) is 28.0. The van der Waals surface area contributed by atoms with Crippen molar-refractivity contribution in [3.8, 4) is 0 Å². The summed E-state index contributed by atoms with van der Waals surface area (Å²) in [6.45, 7) is 2.10. The fraction of sp³-hybridized carbons (Fsp3) is 0.500. The minimum Gasteiger partial charge on any atom is -0.445 e. The van der Waals surface area contributed by atoms with Crippen molar-refractivity contribution in [2.45, 2.75) is 44.9 Å². The Balaban J connectivity index is 2.54. The maximum absolute atomic E-state index is 11.9. The Morgan fingerprint density at radius 1 is 1.26 bits per heavy atom. The molecule has 3 N–H and O–H groups in total. The van der Waals surface area contributed by atoms with E-state index in [1.165, 1.54) is 7.11 Å². The molecule has 7 heteroatoms. The van der Waals surface area contributed by atoms with Gasteiger partial charge in [0.25, 0.3) is 5.91 Å². The number of benzene rings is 1. The summed E-state index contributed by atoms with van der Waals surface area (Å²) >= 11 is 0. The predicted molar refractivity (Wildman–Crippen MR) is 84.2 cm³/mol. The van der Waals surface area contributed by atoms with E-state index in [2.05, 4.69) is 15.6 Å². The van der Waals surface area contributed by atoms with Gasteiger partial charge in [0.1, 0.15) is 6.61 Å². The molecule has 0 saturated heterocycles. The van der Waals surface area contributed by atoms with Crippen LogP contribution in [0.25, 0.3) is 0 Å². The highest BCUT2D eigenvalue weighted by Crippen LogP contribution is 2.07. The van der Waals surface area contributed by atoms with Crippen LogP contribution >= 0.6 is 0 Å². The molecule has 0 spiro atoms. The van der Waals surface area contributed by atoms with Crippen LogP contribution in [0.3, 0.4) is 0 Å². The van der Waals surface area contributed by atoms with Crippen LogP contribution in [-0.2, 0) is 21.0 Å². The Morgan fingerprint density at radius 3 is 2.57 bits per heavy atom. The smallest absolute Gasteiger partial charge is 0.407 e. The zero-order valence-corrected chi connectivity index (χ0v) is 13.5. The number of carbonyl (C=O) groups excluding carboxylic acids is 2. The Hall–Kier alpha value is -2.12. The van der Waals surface area contributed by atoms with Gasteiger partial charge in [-0.05, 0) is 12.0 Å². The summed E-state index contributed by atoms with van der Waals surface area (Å²) in [5.41, 5.74) is 2.90. The molecular formula is C16H24N2O5. The summed E-state index contributed by atoms with van der Waals surface area (Å²) in [6.07, 6.45) is -0.0171. The second kappa shape index (κ2) is 10.6. The van der Waals surface area contributed by atoms with E-state index in [4.69, 9.17) is 4.74 Å². The summed E-state index contributed by atoms with van der Waals surface area (Å²) in [7, 11) is 1.27. The lowest BCUT2D eigenvalue weighted by atomic mass is 10.0. The average Bonchev–Trinajstić information content (AvgIpc) is 2.57. The van der Waals surface area contributed by atoms with Crippen molar-refractivity contribution in [2.24, 2.45) is 0 Å². The number of alkyl carbamates (subject to hydrolysis) is 1. The fourth-order valence-corrected chi connectivity index (χ4v) is 1.99. The molecule has 0 aliphatic rings. The van der Waals surface area contributed by atoms with Gasteiger partial charge in [-0.3, -0.25) is 9.63 Å². The first-order valence-corrected chi connectivity index (χ1v) is 7.56. The topological polar surface area (TPSA) is 96.9 Å². The van der Waals surface area contributed by atoms with Gasteiger partial charge >= 0.3 is 6.09 Å². The van der Waals surface area contributed by atoms with Gasteiger partial charge in [0.05, 0.1) is 13.2 Å². The number of rotatable bonds is 9. The van der Waals surface area contributed by atoms with Gasteiger partial charge in [0.15, 0.2) is 6.10 Å². The Bertz CT molecular complexity index is 481. The number of carbonyl (C=O) groups is 2. The van der Waals surface area contributed by atoms with Crippen molar-refractivity contribution in [1.29, 1.82) is 0 Å². The van der Waals surface area contributed by atoms with Gasteiger partial charge in [-0.25, -0.2) is 10.3 Å². The van der Waals surface area contributed by atoms with Crippen LogP contribution in [-0.4, -0.2) is 36.4 Å². The quantitative estimate of drug-likeness (QED) is 0.598. The SMILES string of the molecule is CCCCC(NC(=O)OCc1ccccc1)C(O)C(=O)NOC. The van der Waals surface area contributed by atoms with E-state index in [9.17, 15) is 14.7 Å². The lowest BCUT2D eigenvalue weighted by Gasteiger charge is -2.22. The average molecular weight is 324 g/mol. The highest BCUT2D eigenvalue weighted by molar-refractivity contribution is 5.81. The first-order chi connectivity index (χ1) is 11.1. The maximum Gasteiger partial charge on any atom is 0.407 e. The molecule has 2 unspecified atom stereocenters. The standard InChI is InChI=1S/C16H24N2O5/c1-3-4-10-13(14(19)15(20)18-22-2)17-16(21)23-11-12-8-6-5-7-9-12/h5-9,13-14,19H,3-4,10-11H2,1-2H3,(H,17,21)(H,18,20). The number of ether oxygens (including phenoxy) is 1. The monoisotopic (exact) mass is 324 g/mol. The van der Waals surface area contributed by atoms with Crippen LogP contribution in [0.5, 0.6) is 0 Å². The van der Waals surface area contributed by atoms with Gasteiger partial charge < -0.3 is 15.2 Å². The molecular weight excluding hydrogens is 300 g/mol. The molecule has 0 saturated carbocycles. The highest BCUT2D eigenvalue weighted by atomic mass is 16.6. The molecule has 1 rings (SSSR count). The molecule has 7 nitrogen and oxygen atoms in total. The lowest BCUT2D eigenvalue weighted by molar-refractivity contribution is -0.141. The Morgan fingerprint density at radius 2 is 1.96 bits per heavy atom. The molecule has 0 aromatic heterocycles. The number of aliphatic hydroxyl groups is 1. The number of nitrogens with one attached hydrogen (secondary N) is 2. The molecule has 23 heavy (non-hydrogen) atoms. The van der Waals surface area contributed by atoms with Crippen LogP contribution in [0, 0.1) is 0 Å². The van der Waals surface area contributed by atoms with Crippen molar-refractivity contribution in [2.75, 3.05) is 7.11 Å². The second-order valence-electron chi connectivity index (χ2n) is 5.07. The van der Waals surface area contributed by atoms with Crippen LogP contribution in [0.4, 0.5) is 4.79 Å². The zero-order valence-electron chi connectivity index (χ0n) is 13.5. The fourth-order valence-electron chi connectivity index (χ4n) is 1.99. The molecule has 128 valence electrons. The van der Waals surface area contributed by atoms with Crippen LogP contribution < -0.4 is 10.8 Å². The van der Waals surface area contributed by atoms with Crippen LogP contribution in [0.1, 0.15) is 31.7 Å². The lowest BCUT2D eigenvalue weighted by Crippen LogP contribution is -2.50. The molecule has 0 bridgehead atoms. The molecule has 0 radical (unpaired) electrons. The van der Waals surface area contributed by atoms with Crippen molar-refractivity contribution < 1.29 is 24.3 Å². The van der Waals surface area contributed by atoms with Crippen molar-refractivity contribution in [1.82, 2.24) is 10.8 Å². The van der Waals surface area contributed by atoms with E-state index in [0.29, 0.717) is 6.42 Å². The largest absolute Gasteiger partial charge is 0.445 e. The molecule has 0 aliphatic carbocycles. The normalized spacial score (nSPS) is 13.0. The number of amides is 2. The van der Waals surface area contributed by atoms with Gasteiger partial charge in [-0.15, -0.1) is 0 Å². The third kappa shape index (κ3) is 7.12. The van der Waals surface area contributed by atoms with Gasteiger partial charge in [0.2, 0.25) is 0 Å². The molecule has 1 aromatic carbocycles. The maximum atomic E-state index is 11.9. The van der Waals surface area contributed by atoms with E-state index in [-0.39, 0.29) is 6.61 Å². The molecule has 0 fully saturated rings. The molecule has 0 heterocycles. The number of hydrogen-bond acceptors (Lipinski definition) is 5. The second-order valence-corrected chi connectivity index (χ2v) is 5.07. The van der Waals surface area contributed by atoms with Crippen molar-refractivity contribution in [3.63, 3.8) is 0 Å². The number of aliphatic hydroxyl groups excluding tert-OH is 1. The van der Waals surface area contributed by atoms with E-state index < -0.39 is 24.1 Å². The molecule has 2 amide bonds. The molecule has 2 atom stereocenters. The minimum atomic E-state index is -1.41. The Kier molecular flexibility index (Phi) is 8.71. The summed E-state index contributed by atoms with van der Waals surface area (Å²) in [5, 5.41) is 12.5. The predicted octanol–water partition coefficient (Wildman–Crippen LogP) is 1.51. The van der Waals surface area contributed by atoms with E-state index in [0.717, 1.165) is 18.4 Å². The van der Waals surface area contributed by atoms with Gasteiger partial charge in [-0.2, -0.15) is 0 Å². The number of unbranched alkanes of at least 4 members (excludes halogenated alkanes) is 1. The Labute approximate surface area is 135 Å². The van der Waals surface area contributed by atoms with Crippen LogP contribution in [0.15, 0.2) is 30.3 Å². The summed E-state index contributed by atoms with van der Waals surface area (Å²) in [5.74, 6) is -0.711. The van der Waals surface area contributed by atoms with Gasteiger partial charge in [-0.1, -0.05) is 50.1 Å². The summed E-state index contributed by atoms with van der Waals surface area (Å²) in [6, 6.07) is 8.49. The van der Waals surface area contributed by atoms with Gasteiger partial charge in [0, 0.05) is 0 Å². The van der Waals surface area contributed by atoms with E-state index in [1.807, 2.05) is 37.3 Å². The number of hydroxylamine groups is 1. The van der Waals surface area contributed by atoms with Crippen molar-refractivity contribution >= 4 is 12.0 Å². The minimum absolute atomic E-state index is 0.119. The van der Waals surface area contributed by atoms with Crippen LogP contribution in [0.2, 0.25) is 0 Å². The zero-order chi connectivity index (χ0) is 17.1. The summed E-state index contributed by atoms with van der Waals surface area (Å²) < 4.78 is 5.10. The molecule has 0 aliphatic heterocycles. The molecule has 1 aromatic rings. The first-order valence-electron chi connectivity index (χ1n) is 7.56. The third-order valence-corrected chi connectivity index (χ3v) is 3.24. The number of hydrogen-bond donors (Lipinski definition) is 3.